The number of hydrogen-bond acceptors (Lipinski definition) is 4. The number of nitrogens with one attached hydrogen (secondary N) is 1. The van der Waals surface area contributed by atoms with Crippen molar-refractivity contribution in [3.05, 3.63) is 48.3 Å². The summed E-state index contributed by atoms with van der Waals surface area (Å²) >= 11 is 0. The summed E-state index contributed by atoms with van der Waals surface area (Å²) in [6.07, 6.45) is 0. The third kappa shape index (κ3) is 2.71. The number of nitrogen functional groups attached to an aromatic ring is 1. The van der Waals surface area contributed by atoms with Crippen molar-refractivity contribution in [2.45, 2.75) is 6.92 Å². The number of nitrogens with two attached hydrogens (primary N) is 1. The molecule has 0 unspecified atom stereocenters. The largest absolute Gasteiger partial charge is 0.383 e. The molecule has 0 saturated carbocycles. The summed E-state index contributed by atoms with van der Waals surface area (Å²) in [5.41, 5.74) is 8.32. The zero-order chi connectivity index (χ0) is 15.7. The molecule has 0 radical (unpaired) electrons. The van der Waals surface area contributed by atoms with Crippen LogP contribution in [0, 0.1) is 5.82 Å². The van der Waals surface area contributed by atoms with Crippen LogP contribution in [-0.4, -0.2) is 15.9 Å². The maximum absolute atomic E-state index is 13.0. The van der Waals surface area contributed by atoms with Gasteiger partial charge in [0.1, 0.15) is 11.6 Å². The van der Waals surface area contributed by atoms with Crippen molar-refractivity contribution in [2.75, 3.05) is 11.1 Å². The molecule has 3 N–H and O–H groups in total. The number of amides is 1. The minimum absolute atomic E-state index is 0.173. The first-order chi connectivity index (χ1) is 10.5. The first kappa shape index (κ1) is 13.9. The first-order valence-corrected chi connectivity index (χ1v) is 6.64. The SMILES string of the molecule is CC(=O)Nc1nc(N)c2cc(-c3ccc(F)cc3)ccc2n1. The van der Waals surface area contributed by atoms with Crippen LogP contribution in [0.1, 0.15) is 6.92 Å². The van der Waals surface area contributed by atoms with Crippen LogP contribution in [0.4, 0.5) is 16.2 Å². The van der Waals surface area contributed by atoms with Gasteiger partial charge in [-0.1, -0.05) is 18.2 Å². The van der Waals surface area contributed by atoms with Gasteiger partial charge in [-0.2, -0.15) is 4.98 Å². The van der Waals surface area contributed by atoms with Gasteiger partial charge in [0.05, 0.1) is 5.52 Å². The van der Waals surface area contributed by atoms with Crippen molar-refractivity contribution in [3.63, 3.8) is 0 Å². The van der Waals surface area contributed by atoms with E-state index in [1.54, 1.807) is 18.2 Å². The molecule has 0 bridgehead atoms. The minimum atomic E-state index is -0.285. The lowest BCUT2D eigenvalue weighted by molar-refractivity contribution is -0.114. The molecule has 1 aromatic heterocycles. The predicted molar refractivity (Wildman–Crippen MR) is 83.6 cm³/mol. The van der Waals surface area contributed by atoms with Gasteiger partial charge in [0.25, 0.3) is 0 Å². The van der Waals surface area contributed by atoms with E-state index in [0.717, 1.165) is 11.1 Å². The van der Waals surface area contributed by atoms with E-state index in [9.17, 15) is 9.18 Å². The molecule has 0 fully saturated rings. The second kappa shape index (κ2) is 5.40. The Kier molecular flexibility index (Phi) is 3.42. The van der Waals surface area contributed by atoms with E-state index in [0.29, 0.717) is 10.9 Å². The van der Waals surface area contributed by atoms with E-state index in [2.05, 4.69) is 15.3 Å². The van der Waals surface area contributed by atoms with Crippen LogP contribution in [0.5, 0.6) is 0 Å². The Bertz CT molecular complexity index is 862. The second-order valence-electron chi connectivity index (χ2n) is 4.85. The van der Waals surface area contributed by atoms with Crippen molar-refractivity contribution in [3.8, 4) is 11.1 Å². The fourth-order valence-corrected chi connectivity index (χ4v) is 2.19. The van der Waals surface area contributed by atoms with Gasteiger partial charge in [-0.3, -0.25) is 10.1 Å². The number of carbonyl (C=O) groups excluding carboxylic acids is 1. The predicted octanol–water partition coefficient (Wildman–Crippen LogP) is 2.98. The standard InChI is InChI=1S/C16H13FN4O/c1-9(22)19-16-20-14-7-4-11(8-13(14)15(18)21-16)10-2-5-12(17)6-3-10/h2-8H,1H3,(H3,18,19,20,21,22). The number of fused-ring (bicyclic) bond motifs is 1. The van der Waals surface area contributed by atoms with E-state index >= 15 is 0 Å². The molecule has 0 spiro atoms. The van der Waals surface area contributed by atoms with E-state index in [1.165, 1.54) is 19.1 Å². The summed E-state index contributed by atoms with van der Waals surface area (Å²) in [7, 11) is 0. The Balaban J connectivity index is 2.08. The molecule has 110 valence electrons. The van der Waals surface area contributed by atoms with E-state index in [1.807, 2.05) is 12.1 Å². The van der Waals surface area contributed by atoms with Gasteiger partial charge >= 0.3 is 0 Å². The molecule has 0 aliphatic heterocycles. The molecule has 0 aliphatic rings. The summed E-state index contributed by atoms with van der Waals surface area (Å²) < 4.78 is 13.0. The molecular formula is C16H13FN4O. The van der Waals surface area contributed by atoms with Crippen LogP contribution in [0.2, 0.25) is 0 Å². The Morgan fingerprint density at radius 2 is 1.77 bits per heavy atom. The highest BCUT2D eigenvalue weighted by Gasteiger charge is 2.08. The number of benzene rings is 2. The molecule has 22 heavy (non-hydrogen) atoms. The van der Waals surface area contributed by atoms with Crippen molar-refractivity contribution >= 4 is 28.6 Å². The first-order valence-electron chi connectivity index (χ1n) is 6.64. The zero-order valence-electron chi connectivity index (χ0n) is 11.8. The Hall–Kier alpha value is -3.02. The van der Waals surface area contributed by atoms with Crippen LogP contribution in [0.15, 0.2) is 42.5 Å². The van der Waals surface area contributed by atoms with Gasteiger partial charge in [-0.25, -0.2) is 9.37 Å². The monoisotopic (exact) mass is 296 g/mol. The third-order valence-electron chi connectivity index (χ3n) is 3.19. The fourth-order valence-electron chi connectivity index (χ4n) is 2.19. The van der Waals surface area contributed by atoms with Crippen molar-refractivity contribution < 1.29 is 9.18 Å². The van der Waals surface area contributed by atoms with E-state index in [4.69, 9.17) is 5.73 Å². The highest BCUT2D eigenvalue weighted by molar-refractivity contribution is 5.94. The number of hydrogen-bond donors (Lipinski definition) is 2. The Morgan fingerprint density at radius 1 is 1.09 bits per heavy atom. The molecule has 5 nitrogen and oxygen atoms in total. The fraction of sp³-hybridized carbons (Fsp3) is 0.0625. The lowest BCUT2D eigenvalue weighted by Gasteiger charge is -2.08. The smallest absolute Gasteiger partial charge is 0.231 e. The number of carbonyl (C=O) groups is 1. The molecule has 2 aromatic carbocycles. The van der Waals surface area contributed by atoms with Crippen LogP contribution < -0.4 is 11.1 Å². The van der Waals surface area contributed by atoms with Gasteiger partial charge in [-0.05, 0) is 35.4 Å². The van der Waals surface area contributed by atoms with E-state index in [-0.39, 0.29) is 23.5 Å². The molecule has 3 aromatic rings. The van der Waals surface area contributed by atoms with Crippen LogP contribution >= 0.6 is 0 Å². The lowest BCUT2D eigenvalue weighted by atomic mass is 10.0. The minimum Gasteiger partial charge on any atom is -0.383 e. The number of aromatic nitrogens is 2. The molecule has 1 heterocycles. The maximum atomic E-state index is 13.0. The molecule has 1 amide bonds. The highest BCUT2D eigenvalue weighted by Crippen LogP contribution is 2.27. The quantitative estimate of drug-likeness (QED) is 0.761. The van der Waals surface area contributed by atoms with Crippen LogP contribution in [0.25, 0.3) is 22.0 Å². The van der Waals surface area contributed by atoms with Crippen LogP contribution in [0.3, 0.4) is 0 Å². The summed E-state index contributed by atoms with van der Waals surface area (Å²) in [5, 5.41) is 3.18. The molecule has 6 heteroatoms. The van der Waals surface area contributed by atoms with Gasteiger partial charge in [0, 0.05) is 12.3 Å². The Morgan fingerprint density at radius 3 is 2.45 bits per heavy atom. The van der Waals surface area contributed by atoms with E-state index < -0.39 is 0 Å². The number of nitrogens with zero attached hydrogens (tertiary/aromatic N) is 2. The molecule has 3 rings (SSSR count). The van der Waals surface area contributed by atoms with Gasteiger partial charge in [0.2, 0.25) is 11.9 Å². The van der Waals surface area contributed by atoms with Gasteiger partial charge < -0.3 is 5.73 Å². The summed E-state index contributed by atoms with van der Waals surface area (Å²) in [4.78, 5) is 19.4. The second-order valence-corrected chi connectivity index (χ2v) is 4.85. The summed E-state index contributed by atoms with van der Waals surface area (Å²) in [6.45, 7) is 1.38. The normalized spacial score (nSPS) is 10.6. The molecule has 0 atom stereocenters. The van der Waals surface area contributed by atoms with Crippen LogP contribution in [-0.2, 0) is 4.79 Å². The van der Waals surface area contributed by atoms with Gasteiger partial charge in [-0.15, -0.1) is 0 Å². The average molecular weight is 296 g/mol. The number of halogens is 1. The Labute approximate surface area is 126 Å². The highest BCUT2D eigenvalue weighted by atomic mass is 19.1. The third-order valence-corrected chi connectivity index (χ3v) is 3.19. The number of rotatable bonds is 2. The molecular weight excluding hydrogens is 283 g/mol. The van der Waals surface area contributed by atoms with Gasteiger partial charge in [0.15, 0.2) is 0 Å². The topological polar surface area (TPSA) is 80.9 Å². The average Bonchev–Trinajstić information content (AvgIpc) is 2.47. The van der Waals surface area contributed by atoms with Crippen molar-refractivity contribution in [2.24, 2.45) is 0 Å². The van der Waals surface area contributed by atoms with Crippen molar-refractivity contribution in [1.29, 1.82) is 0 Å². The zero-order valence-corrected chi connectivity index (χ0v) is 11.8. The summed E-state index contributed by atoms with van der Waals surface area (Å²) in [6, 6.07) is 11.7. The maximum Gasteiger partial charge on any atom is 0.231 e. The molecule has 0 saturated heterocycles. The molecule has 0 aliphatic carbocycles. The number of anilines is 2. The lowest BCUT2D eigenvalue weighted by Crippen LogP contribution is -2.10. The van der Waals surface area contributed by atoms with Crippen molar-refractivity contribution in [1.82, 2.24) is 9.97 Å². The summed E-state index contributed by atoms with van der Waals surface area (Å²) in [5.74, 6) is -0.0984.